The van der Waals surface area contributed by atoms with Crippen LogP contribution in [0.2, 0.25) is 0 Å². The van der Waals surface area contributed by atoms with Crippen LogP contribution in [0, 0.1) is 5.92 Å². The van der Waals surface area contributed by atoms with E-state index < -0.39 is 0 Å². The summed E-state index contributed by atoms with van der Waals surface area (Å²) in [6.07, 6.45) is 2.45. The fourth-order valence-electron chi connectivity index (χ4n) is 3.32. The highest BCUT2D eigenvalue weighted by Crippen LogP contribution is 2.29. The van der Waals surface area contributed by atoms with Gasteiger partial charge < -0.3 is 10.2 Å². The molecule has 30 heavy (non-hydrogen) atoms. The van der Waals surface area contributed by atoms with E-state index in [-0.39, 0.29) is 11.3 Å². The molecule has 1 fully saturated rings. The Morgan fingerprint density at radius 2 is 1.90 bits per heavy atom. The average molecular weight is 427 g/mol. The van der Waals surface area contributed by atoms with Crippen LogP contribution in [0.25, 0.3) is 0 Å². The molecule has 0 spiro atoms. The Morgan fingerprint density at radius 3 is 2.57 bits per heavy atom. The number of thioether (sulfide) groups is 1. The van der Waals surface area contributed by atoms with Gasteiger partial charge in [0.2, 0.25) is 0 Å². The second kappa shape index (κ2) is 9.82. The summed E-state index contributed by atoms with van der Waals surface area (Å²) in [4.78, 5) is 24.4. The van der Waals surface area contributed by atoms with E-state index in [1.807, 2.05) is 18.2 Å². The van der Waals surface area contributed by atoms with Crippen molar-refractivity contribution in [3.05, 3.63) is 47.2 Å². The van der Waals surface area contributed by atoms with Crippen LogP contribution in [-0.4, -0.2) is 35.5 Å². The largest absolute Gasteiger partial charge is 0.356 e. The molecule has 1 saturated heterocycles. The smallest absolute Gasteiger partial charge is 0.251 e. The Kier molecular flexibility index (Phi) is 7.40. The molecule has 1 aliphatic rings. The molecule has 0 radical (unpaired) electrons. The van der Waals surface area contributed by atoms with E-state index in [2.05, 4.69) is 57.0 Å². The lowest BCUT2D eigenvalue weighted by Gasteiger charge is -2.23. The minimum absolute atomic E-state index is 0.0159. The molecule has 0 saturated carbocycles. The fourth-order valence-corrected chi connectivity index (χ4v) is 4.12. The minimum atomic E-state index is -0.0266. The molecule has 0 atom stereocenters. The summed E-state index contributed by atoms with van der Waals surface area (Å²) in [7, 11) is 0. The van der Waals surface area contributed by atoms with Crippen molar-refractivity contribution in [3.8, 4) is 0 Å². The Hall–Kier alpha value is -2.08. The number of aromatic nitrogens is 2. The predicted octanol–water partition coefficient (Wildman–Crippen LogP) is 5.05. The van der Waals surface area contributed by atoms with Gasteiger partial charge in [-0.15, -0.1) is 0 Å². The summed E-state index contributed by atoms with van der Waals surface area (Å²) in [5.74, 6) is 2.19. The Balaban J connectivity index is 1.74. The first-order chi connectivity index (χ1) is 14.2. The molecular weight excluding hydrogens is 392 g/mol. The minimum Gasteiger partial charge on any atom is -0.356 e. The summed E-state index contributed by atoms with van der Waals surface area (Å²) < 4.78 is 0. The van der Waals surface area contributed by atoms with Gasteiger partial charge in [-0.25, -0.2) is 9.97 Å². The lowest BCUT2D eigenvalue weighted by Crippen LogP contribution is -2.27. The van der Waals surface area contributed by atoms with Gasteiger partial charge in [0.05, 0.1) is 5.69 Å². The normalized spacial score (nSPS) is 14.4. The number of carbonyl (C=O) groups excluding carboxylic acids is 1. The molecule has 0 bridgehead atoms. The molecule has 162 valence electrons. The first kappa shape index (κ1) is 22.6. The van der Waals surface area contributed by atoms with Gasteiger partial charge in [0, 0.05) is 42.4 Å². The lowest BCUT2D eigenvalue weighted by molar-refractivity contribution is 0.0949. The van der Waals surface area contributed by atoms with E-state index in [0.29, 0.717) is 18.0 Å². The quantitative estimate of drug-likeness (QED) is 0.496. The van der Waals surface area contributed by atoms with Gasteiger partial charge in [0.25, 0.3) is 5.91 Å². The number of hydrogen-bond donors (Lipinski definition) is 1. The standard InChI is InChI=1S/C24H34N4OS/c1-17(2)15-25-22(29)19-10-8-9-18(13-19)16-30-23-26-20(24(3,4)5)14-21(27-23)28-11-6-7-12-28/h8-10,13-14,17H,6-7,11-12,15-16H2,1-5H3,(H,25,29). The highest BCUT2D eigenvalue weighted by Gasteiger charge is 2.21. The fraction of sp³-hybridized carbons (Fsp3) is 0.542. The van der Waals surface area contributed by atoms with Crippen molar-refractivity contribution in [2.45, 2.75) is 63.8 Å². The Morgan fingerprint density at radius 1 is 1.17 bits per heavy atom. The van der Waals surface area contributed by atoms with Gasteiger partial charge in [0.15, 0.2) is 5.16 Å². The molecule has 1 N–H and O–H groups in total. The Labute approximate surface area is 185 Å². The molecule has 1 amide bonds. The van der Waals surface area contributed by atoms with E-state index in [0.717, 1.165) is 41.1 Å². The van der Waals surface area contributed by atoms with E-state index in [1.54, 1.807) is 11.8 Å². The van der Waals surface area contributed by atoms with Gasteiger partial charge in [0.1, 0.15) is 5.82 Å². The number of nitrogens with zero attached hydrogens (tertiary/aromatic N) is 3. The van der Waals surface area contributed by atoms with E-state index >= 15 is 0 Å². The van der Waals surface area contributed by atoms with E-state index in [9.17, 15) is 4.79 Å². The van der Waals surface area contributed by atoms with Gasteiger partial charge in [-0.3, -0.25) is 4.79 Å². The zero-order valence-corrected chi connectivity index (χ0v) is 19.7. The maximum atomic E-state index is 12.4. The third kappa shape index (κ3) is 6.21. The second-order valence-corrected chi connectivity index (χ2v) is 10.4. The lowest BCUT2D eigenvalue weighted by atomic mass is 9.92. The van der Waals surface area contributed by atoms with Crippen molar-refractivity contribution in [2.24, 2.45) is 5.92 Å². The highest BCUT2D eigenvalue weighted by molar-refractivity contribution is 7.98. The molecule has 1 aromatic heterocycles. The molecule has 1 aromatic carbocycles. The SMILES string of the molecule is CC(C)CNC(=O)c1cccc(CSc2nc(N3CCCC3)cc(C(C)(C)C)n2)c1. The third-order valence-corrected chi connectivity index (χ3v) is 6.04. The maximum Gasteiger partial charge on any atom is 0.251 e. The highest BCUT2D eigenvalue weighted by atomic mass is 32.2. The number of anilines is 1. The molecule has 0 unspecified atom stereocenters. The monoisotopic (exact) mass is 426 g/mol. The van der Waals surface area contributed by atoms with Gasteiger partial charge >= 0.3 is 0 Å². The summed E-state index contributed by atoms with van der Waals surface area (Å²) in [6, 6.07) is 9.99. The molecule has 2 aromatic rings. The molecule has 2 heterocycles. The molecule has 6 heteroatoms. The first-order valence-corrected chi connectivity index (χ1v) is 11.9. The van der Waals surface area contributed by atoms with Crippen LogP contribution in [0.4, 0.5) is 5.82 Å². The van der Waals surface area contributed by atoms with E-state index in [1.165, 1.54) is 12.8 Å². The van der Waals surface area contributed by atoms with Crippen molar-refractivity contribution in [1.29, 1.82) is 0 Å². The first-order valence-electron chi connectivity index (χ1n) is 10.9. The number of carbonyl (C=O) groups is 1. The van der Waals surface area contributed by atoms with Crippen molar-refractivity contribution in [1.82, 2.24) is 15.3 Å². The third-order valence-electron chi connectivity index (χ3n) is 5.12. The topological polar surface area (TPSA) is 58.1 Å². The zero-order valence-electron chi connectivity index (χ0n) is 18.9. The molecular formula is C24H34N4OS. The molecule has 0 aliphatic carbocycles. The molecule has 5 nitrogen and oxygen atoms in total. The van der Waals surface area contributed by atoms with Gasteiger partial charge in [-0.1, -0.05) is 58.5 Å². The zero-order chi connectivity index (χ0) is 21.7. The van der Waals surface area contributed by atoms with Crippen LogP contribution in [-0.2, 0) is 11.2 Å². The Bertz CT molecular complexity index is 870. The predicted molar refractivity (Wildman–Crippen MR) is 125 cm³/mol. The van der Waals surface area contributed by atoms with Crippen molar-refractivity contribution >= 4 is 23.5 Å². The second-order valence-electron chi connectivity index (χ2n) is 9.43. The van der Waals surface area contributed by atoms with Crippen LogP contribution >= 0.6 is 11.8 Å². The van der Waals surface area contributed by atoms with Crippen LogP contribution in [0.1, 0.15) is 69.1 Å². The average Bonchev–Trinajstić information content (AvgIpc) is 3.25. The van der Waals surface area contributed by atoms with Crippen LogP contribution in [0.3, 0.4) is 0 Å². The van der Waals surface area contributed by atoms with Crippen LogP contribution < -0.4 is 10.2 Å². The van der Waals surface area contributed by atoms with Crippen molar-refractivity contribution in [3.63, 3.8) is 0 Å². The van der Waals surface area contributed by atoms with Crippen LogP contribution in [0.5, 0.6) is 0 Å². The summed E-state index contributed by atoms with van der Waals surface area (Å²) >= 11 is 1.63. The number of benzene rings is 1. The molecule has 3 rings (SSSR count). The number of rotatable bonds is 7. The number of hydrogen-bond acceptors (Lipinski definition) is 5. The van der Waals surface area contributed by atoms with Gasteiger partial charge in [-0.2, -0.15) is 0 Å². The summed E-state index contributed by atoms with van der Waals surface area (Å²) in [5.41, 5.74) is 2.85. The number of amides is 1. The maximum absolute atomic E-state index is 12.4. The van der Waals surface area contributed by atoms with E-state index in [4.69, 9.17) is 9.97 Å². The van der Waals surface area contributed by atoms with Crippen molar-refractivity contribution < 1.29 is 4.79 Å². The van der Waals surface area contributed by atoms with Gasteiger partial charge in [-0.05, 0) is 36.5 Å². The van der Waals surface area contributed by atoms with Crippen molar-refractivity contribution in [2.75, 3.05) is 24.5 Å². The molecule has 1 aliphatic heterocycles. The van der Waals surface area contributed by atoms with Crippen LogP contribution in [0.15, 0.2) is 35.5 Å². The summed E-state index contributed by atoms with van der Waals surface area (Å²) in [5, 5.41) is 3.79. The number of nitrogens with one attached hydrogen (secondary N) is 1. The summed E-state index contributed by atoms with van der Waals surface area (Å²) in [6.45, 7) is 13.6.